The summed E-state index contributed by atoms with van der Waals surface area (Å²) < 4.78 is 0. The predicted molar refractivity (Wildman–Crippen MR) is 101 cm³/mol. The number of aliphatic hydroxyl groups excluding tert-OH is 1. The number of β-lactam (4-membered cyclic amide) rings is 1. The molecule has 138 valence electrons. The third-order valence-corrected chi connectivity index (χ3v) is 6.08. The Kier molecular flexibility index (Phi) is 6.52. The Bertz CT molecular complexity index is 548. The van der Waals surface area contributed by atoms with Crippen LogP contribution in [0, 0.1) is 5.92 Å². The lowest BCUT2D eigenvalue weighted by molar-refractivity contribution is -0.146. The number of aliphatic hydroxyl groups is 1. The molecule has 1 aromatic carbocycles. The number of rotatable bonds is 8. The van der Waals surface area contributed by atoms with E-state index < -0.39 is 0 Å². The molecule has 25 heavy (non-hydrogen) atoms. The normalized spacial score (nSPS) is 22.7. The van der Waals surface area contributed by atoms with Crippen LogP contribution < -0.4 is 0 Å². The first-order valence-corrected chi connectivity index (χ1v) is 10.3. The van der Waals surface area contributed by atoms with Crippen molar-refractivity contribution in [2.45, 2.75) is 83.3 Å². The summed E-state index contributed by atoms with van der Waals surface area (Å²) in [7, 11) is 0. The van der Waals surface area contributed by atoms with Crippen molar-refractivity contribution in [2.24, 2.45) is 5.92 Å². The van der Waals surface area contributed by atoms with Crippen LogP contribution in [0.3, 0.4) is 0 Å². The minimum Gasteiger partial charge on any atom is -0.388 e. The number of amides is 1. The van der Waals surface area contributed by atoms with Crippen LogP contribution in [0.4, 0.5) is 0 Å². The summed E-state index contributed by atoms with van der Waals surface area (Å²) in [5.41, 5.74) is 2.26. The van der Waals surface area contributed by atoms with Gasteiger partial charge in [-0.05, 0) is 36.3 Å². The largest absolute Gasteiger partial charge is 0.388 e. The quantitative estimate of drug-likeness (QED) is 0.523. The molecule has 1 heterocycles. The van der Waals surface area contributed by atoms with Crippen LogP contribution in [0.15, 0.2) is 24.3 Å². The van der Waals surface area contributed by atoms with Crippen molar-refractivity contribution in [3.05, 3.63) is 35.4 Å². The van der Waals surface area contributed by atoms with Gasteiger partial charge in [-0.25, -0.2) is 0 Å². The number of carbonyl (C=O) groups is 1. The van der Waals surface area contributed by atoms with Gasteiger partial charge in [0, 0.05) is 6.54 Å². The average molecular weight is 344 g/mol. The van der Waals surface area contributed by atoms with Gasteiger partial charge in [-0.15, -0.1) is 0 Å². The van der Waals surface area contributed by atoms with Crippen molar-refractivity contribution >= 4 is 5.91 Å². The van der Waals surface area contributed by atoms with Gasteiger partial charge in [0.15, 0.2) is 0 Å². The van der Waals surface area contributed by atoms with Gasteiger partial charge >= 0.3 is 0 Å². The number of nitrogens with zero attached hydrogens (tertiary/aromatic N) is 1. The first-order valence-electron chi connectivity index (χ1n) is 10.3. The van der Waals surface area contributed by atoms with E-state index in [-0.39, 0.29) is 18.1 Å². The van der Waals surface area contributed by atoms with E-state index in [9.17, 15) is 9.90 Å². The lowest BCUT2D eigenvalue weighted by Gasteiger charge is -2.41. The molecule has 1 aliphatic heterocycles. The highest BCUT2D eigenvalue weighted by Crippen LogP contribution is 2.37. The zero-order chi connectivity index (χ0) is 17.6. The van der Waals surface area contributed by atoms with E-state index in [1.807, 2.05) is 4.90 Å². The van der Waals surface area contributed by atoms with Gasteiger partial charge in [-0.2, -0.15) is 0 Å². The Balaban J connectivity index is 1.57. The van der Waals surface area contributed by atoms with Gasteiger partial charge in [-0.1, -0.05) is 69.7 Å². The highest BCUT2D eigenvalue weighted by Gasteiger charge is 2.36. The van der Waals surface area contributed by atoms with Gasteiger partial charge in [0.25, 0.3) is 0 Å². The van der Waals surface area contributed by atoms with E-state index in [0.29, 0.717) is 12.3 Å². The van der Waals surface area contributed by atoms with E-state index in [0.717, 1.165) is 31.4 Å². The number of benzene rings is 1. The highest BCUT2D eigenvalue weighted by atomic mass is 16.3. The van der Waals surface area contributed by atoms with Crippen LogP contribution >= 0.6 is 0 Å². The summed E-state index contributed by atoms with van der Waals surface area (Å²) in [6, 6.07) is 8.64. The summed E-state index contributed by atoms with van der Waals surface area (Å²) in [4.78, 5) is 14.0. The highest BCUT2D eigenvalue weighted by molar-refractivity contribution is 5.83. The van der Waals surface area contributed by atoms with E-state index in [1.54, 1.807) is 0 Å². The number of likely N-dealkylation sites (tertiary alicyclic amines) is 1. The number of hydrogen-bond donors (Lipinski definition) is 1. The van der Waals surface area contributed by atoms with Crippen molar-refractivity contribution in [3.8, 4) is 0 Å². The fourth-order valence-corrected chi connectivity index (χ4v) is 4.38. The number of hydrogen-bond acceptors (Lipinski definition) is 2. The summed E-state index contributed by atoms with van der Waals surface area (Å²) in [6.45, 7) is 3.09. The van der Waals surface area contributed by atoms with Crippen molar-refractivity contribution < 1.29 is 9.90 Å². The number of carbonyl (C=O) groups excluding carboxylic acids is 1. The Hall–Kier alpha value is -1.35. The SMILES string of the molecule is CCCCCCN1C(=O)C[C@@H]1c1ccc(C(O)C2CCCCC2)cc1. The van der Waals surface area contributed by atoms with E-state index in [1.165, 1.54) is 44.1 Å². The van der Waals surface area contributed by atoms with Crippen molar-refractivity contribution in [3.63, 3.8) is 0 Å². The topological polar surface area (TPSA) is 40.5 Å². The molecule has 1 saturated carbocycles. The van der Waals surface area contributed by atoms with Crippen LogP contribution in [-0.2, 0) is 4.79 Å². The molecule has 0 bridgehead atoms. The van der Waals surface area contributed by atoms with Crippen molar-refractivity contribution in [1.82, 2.24) is 4.90 Å². The maximum Gasteiger partial charge on any atom is 0.225 e. The first-order chi connectivity index (χ1) is 12.2. The molecule has 1 amide bonds. The molecule has 3 rings (SSSR count). The van der Waals surface area contributed by atoms with E-state index >= 15 is 0 Å². The van der Waals surface area contributed by atoms with Gasteiger partial charge in [-0.3, -0.25) is 4.79 Å². The second-order valence-electron chi connectivity index (χ2n) is 7.88. The maximum absolute atomic E-state index is 11.9. The smallest absolute Gasteiger partial charge is 0.225 e. The molecule has 1 aliphatic carbocycles. The van der Waals surface area contributed by atoms with Crippen LogP contribution in [-0.4, -0.2) is 22.5 Å². The fourth-order valence-electron chi connectivity index (χ4n) is 4.38. The maximum atomic E-state index is 11.9. The second-order valence-corrected chi connectivity index (χ2v) is 7.88. The molecule has 2 aliphatic rings. The fraction of sp³-hybridized carbons (Fsp3) is 0.682. The minimum atomic E-state index is -0.331. The van der Waals surface area contributed by atoms with Crippen LogP contribution in [0.1, 0.15) is 94.4 Å². The molecule has 2 fully saturated rings. The molecule has 3 nitrogen and oxygen atoms in total. The lowest BCUT2D eigenvalue weighted by atomic mass is 9.82. The predicted octanol–water partition coefficient (Wildman–Crippen LogP) is 5.15. The van der Waals surface area contributed by atoms with E-state index in [4.69, 9.17) is 0 Å². The Morgan fingerprint density at radius 1 is 1.08 bits per heavy atom. The van der Waals surface area contributed by atoms with Crippen molar-refractivity contribution in [1.29, 1.82) is 0 Å². The lowest BCUT2D eigenvalue weighted by Crippen LogP contribution is -2.46. The zero-order valence-corrected chi connectivity index (χ0v) is 15.6. The third-order valence-electron chi connectivity index (χ3n) is 6.08. The minimum absolute atomic E-state index is 0.245. The van der Waals surface area contributed by atoms with Crippen LogP contribution in [0.2, 0.25) is 0 Å². The first kappa shape index (κ1) is 18.4. The van der Waals surface area contributed by atoms with Gasteiger partial charge in [0.05, 0.1) is 18.6 Å². The monoisotopic (exact) mass is 343 g/mol. The van der Waals surface area contributed by atoms with Gasteiger partial charge < -0.3 is 10.0 Å². The Morgan fingerprint density at radius 2 is 1.80 bits per heavy atom. The molecule has 0 spiro atoms. The van der Waals surface area contributed by atoms with Gasteiger partial charge in [0.2, 0.25) is 5.91 Å². The third kappa shape index (κ3) is 4.44. The summed E-state index contributed by atoms with van der Waals surface area (Å²) in [5, 5.41) is 10.6. The average Bonchev–Trinajstić information content (AvgIpc) is 2.66. The molecule has 0 radical (unpaired) electrons. The Labute approximate surface area is 152 Å². The van der Waals surface area contributed by atoms with Crippen LogP contribution in [0.25, 0.3) is 0 Å². The number of unbranched alkanes of at least 4 members (excludes halogenated alkanes) is 3. The summed E-state index contributed by atoms with van der Waals surface area (Å²) >= 11 is 0. The van der Waals surface area contributed by atoms with Gasteiger partial charge in [0.1, 0.15) is 0 Å². The van der Waals surface area contributed by atoms with E-state index in [2.05, 4.69) is 31.2 Å². The summed E-state index contributed by atoms with van der Waals surface area (Å²) in [5.74, 6) is 0.702. The van der Waals surface area contributed by atoms with Crippen LogP contribution in [0.5, 0.6) is 0 Å². The molecule has 2 atom stereocenters. The molecule has 3 heteroatoms. The molecule has 1 aromatic rings. The standard InChI is InChI=1S/C22H33NO2/c1-2-3-4-8-15-23-20(16-21(23)24)17-11-13-19(14-12-17)22(25)18-9-6-5-7-10-18/h11-14,18,20,22,25H,2-10,15-16H2,1H3/t20-,22?/m1/s1. The molecule has 1 N–H and O–H groups in total. The molecule has 1 saturated heterocycles. The zero-order valence-electron chi connectivity index (χ0n) is 15.6. The molecular weight excluding hydrogens is 310 g/mol. The molecular formula is C22H33NO2. The molecule has 0 aromatic heterocycles. The second kappa shape index (κ2) is 8.84. The van der Waals surface area contributed by atoms with Crippen molar-refractivity contribution in [2.75, 3.05) is 6.54 Å². The summed E-state index contributed by atoms with van der Waals surface area (Å²) in [6.07, 6.45) is 11.2. The molecule has 1 unspecified atom stereocenters. The Morgan fingerprint density at radius 3 is 2.44 bits per heavy atom.